The Hall–Kier alpha value is 2.23. The zero-order chi connectivity index (χ0) is 73.7. The average molecular weight is 1800 g/mol. The number of phosphoric ester groups is 4. The summed E-state index contributed by atoms with van der Waals surface area (Å²) in [5, 5.41) is 0. The van der Waals surface area contributed by atoms with Crippen LogP contribution >= 0.6 is 31.3 Å². The van der Waals surface area contributed by atoms with Gasteiger partial charge >= 0.3 is 125 Å². The van der Waals surface area contributed by atoms with E-state index in [2.05, 4.69) is 119 Å². The van der Waals surface area contributed by atoms with Crippen molar-refractivity contribution in [3.05, 3.63) is 0 Å². The summed E-state index contributed by atoms with van der Waals surface area (Å²) in [7, 11) is -15.6. The SMILES string of the molecule is CCCCC(CC)COP(=O)(O)OCC(CC)CCCC.CCCCC(CC)COP(=O)(O)OCC(CC)CCCC.CCCCC(CC)COP(=O)(O)OCC(CC)CCCC.CCCCC(CC)COP(=O)(O)OCC(CC)CCCC.[O]=[Mo]1[O][Mo](=[O])[O][Mo](=[O])[O][Mo](=[O])[O]1. The molecule has 0 radical (unpaired) electrons. The van der Waals surface area contributed by atoms with Crippen LogP contribution in [-0.4, -0.2) is 72.4 Å². The van der Waals surface area contributed by atoms with Gasteiger partial charge in [0.15, 0.2) is 0 Å². The van der Waals surface area contributed by atoms with Crippen molar-refractivity contribution >= 4 is 31.3 Å². The molecule has 1 heterocycles. The Morgan fingerprint density at radius 3 is 0.427 bits per heavy atom. The van der Waals surface area contributed by atoms with E-state index in [1.807, 2.05) is 0 Å². The Morgan fingerprint density at radius 2 is 0.344 bits per heavy atom. The van der Waals surface area contributed by atoms with Crippen molar-refractivity contribution in [3.63, 3.8) is 0 Å². The Morgan fingerprint density at radius 1 is 0.240 bits per heavy atom. The maximum absolute atomic E-state index is 11.9. The van der Waals surface area contributed by atoms with Gasteiger partial charge in [0.2, 0.25) is 0 Å². The predicted octanol–water partition coefficient (Wildman–Crippen LogP) is 21.5. The second-order valence-electron chi connectivity index (χ2n) is 24.7. The molecular weight excluding hydrogens is 1660 g/mol. The van der Waals surface area contributed by atoms with Crippen molar-refractivity contribution in [1.82, 2.24) is 0 Å². The van der Waals surface area contributed by atoms with E-state index in [4.69, 9.17) is 36.2 Å². The molecule has 1 fully saturated rings. The van der Waals surface area contributed by atoms with E-state index in [1.165, 1.54) is 0 Å². The van der Waals surface area contributed by atoms with Crippen LogP contribution in [0.2, 0.25) is 0 Å². The van der Waals surface area contributed by atoms with Gasteiger partial charge in [-0.3, -0.25) is 36.2 Å². The number of rotatable bonds is 56. The zero-order valence-corrected chi connectivity index (χ0v) is 73.9. The van der Waals surface area contributed by atoms with Gasteiger partial charge < -0.3 is 19.6 Å². The van der Waals surface area contributed by atoms with Crippen molar-refractivity contribution < 1.29 is 168 Å². The third kappa shape index (κ3) is 66.9. The van der Waals surface area contributed by atoms with Crippen molar-refractivity contribution in [1.29, 1.82) is 0 Å². The Kier molecular flexibility index (Phi) is 75.2. The van der Waals surface area contributed by atoms with Crippen molar-refractivity contribution in [2.75, 3.05) is 52.9 Å². The fourth-order valence-electron chi connectivity index (χ4n) is 9.16. The molecule has 0 amide bonds. The maximum atomic E-state index is 11.9. The molecule has 1 rings (SSSR count). The van der Waals surface area contributed by atoms with Gasteiger partial charge in [0.1, 0.15) is 0 Å². The number of hydrogen-bond donors (Lipinski definition) is 4. The van der Waals surface area contributed by atoms with E-state index in [9.17, 15) is 51.4 Å². The van der Waals surface area contributed by atoms with Crippen LogP contribution in [0, 0.1) is 47.3 Å². The first-order valence-corrected chi connectivity index (χ1v) is 52.2. The molecule has 0 aromatic heterocycles. The van der Waals surface area contributed by atoms with Gasteiger partial charge in [-0.2, -0.15) is 0 Å². The minimum atomic E-state index is -3.89. The monoisotopic (exact) mass is 1810 g/mol. The molecule has 0 spiro atoms. The molecule has 1 aliphatic heterocycles. The van der Waals surface area contributed by atoms with Gasteiger partial charge in [-0.05, 0) is 98.7 Å². The van der Waals surface area contributed by atoms with E-state index < -0.39 is 103 Å². The van der Waals surface area contributed by atoms with E-state index in [-0.39, 0.29) is 0 Å². The summed E-state index contributed by atoms with van der Waals surface area (Å²) in [5.41, 5.74) is 0. The summed E-state index contributed by atoms with van der Waals surface area (Å²) < 4.78 is 148. The van der Waals surface area contributed by atoms with E-state index in [1.54, 1.807) is 0 Å². The Balaban J connectivity index is -0.000000556. The summed E-state index contributed by atoms with van der Waals surface area (Å²) in [6, 6.07) is 0. The summed E-state index contributed by atoms with van der Waals surface area (Å²) in [5.74, 6) is 2.75. The van der Waals surface area contributed by atoms with Gasteiger partial charge in [0.05, 0.1) is 52.9 Å². The summed E-state index contributed by atoms with van der Waals surface area (Å²) in [6.45, 7) is 36.4. The molecule has 96 heavy (non-hydrogen) atoms. The van der Waals surface area contributed by atoms with E-state index in [0.29, 0.717) is 100 Å². The molecule has 0 aliphatic carbocycles. The van der Waals surface area contributed by atoms with Gasteiger partial charge in [0, 0.05) is 0 Å². The normalized spacial score (nSPS) is 18.5. The van der Waals surface area contributed by atoms with Crippen LogP contribution in [0.25, 0.3) is 0 Å². The molecular formula is C64H140Mo4O24P4. The molecule has 0 bridgehead atoms. The molecule has 1 aliphatic rings. The molecule has 0 saturated carbocycles. The van der Waals surface area contributed by atoms with E-state index >= 15 is 0 Å². The average Bonchev–Trinajstić information content (AvgIpc) is 1.61. The van der Waals surface area contributed by atoms with Crippen LogP contribution in [0.15, 0.2) is 0 Å². The molecule has 1 saturated heterocycles. The first kappa shape index (κ1) is 105. The van der Waals surface area contributed by atoms with Crippen LogP contribution in [-0.2, 0) is 148 Å². The predicted molar refractivity (Wildman–Crippen MR) is 360 cm³/mol. The molecule has 8 unspecified atom stereocenters. The fraction of sp³-hybridized carbons (Fsp3) is 1.00. The van der Waals surface area contributed by atoms with Crippen molar-refractivity contribution in [2.45, 2.75) is 316 Å². The summed E-state index contributed by atoms with van der Waals surface area (Å²) in [4.78, 5) is 39.1. The molecule has 32 heteroatoms. The Bertz CT molecular complexity index is 1690. The molecule has 0 aromatic rings. The quantitative estimate of drug-likeness (QED) is 0.0325. The number of unbranched alkanes of at least 4 members (excludes halogenated alkanes) is 8. The Labute approximate surface area is 610 Å². The van der Waals surface area contributed by atoms with Crippen LogP contribution in [0.5, 0.6) is 0 Å². The van der Waals surface area contributed by atoms with Crippen LogP contribution in [0.1, 0.15) is 316 Å². The van der Waals surface area contributed by atoms with Crippen LogP contribution in [0.3, 0.4) is 0 Å². The van der Waals surface area contributed by atoms with Gasteiger partial charge in [-0.1, -0.05) is 265 Å². The third-order valence-electron chi connectivity index (χ3n) is 16.6. The zero-order valence-electron chi connectivity index (χ0n) is 62.3. The number of hydrogen-bond acceptors (Lipinski definition) is 20. The molecule has 584 valence electrons. The van der Waals surface area contributed by atoms with Crippen LogP contribution in [0.4, 0.5) is 0 Å². The van der Waals surface area contributed by atoms with Gasteiger partial charge in [-0.15, -0.1) is 0 Å². The first-order valence-electron chi connectivity index (χ1n) is 36.4. The standard InChI is InChI=1S/4C16H35O4P.4Mo.8O/c4*1-5-9-11-15(7-3)13-19-21(17,18)20-14-16(8-4)12-10-6-2;;;;;;;;;;;;/h4*15-16H,5-14H2,1-4H3,(H,17,18);;;;;;;;;;;;. The fourth-order valence-corrected chi connectivity index (χ4v) is 28.2. The molecule has 0 aromatic carbocycles. The third-order valence-corrected chi connectivity index (χ3v) is 35.5. The number of phosphoric acid groups is 4. The molecule has 24 nitrogen and oxygen atoms in total. The molecule has 8 atom stereocenters. The topological polar surface area (TPSA) is 328 Å². The first-order chi connectivity index (χ1) is 45.5. The summed E-state index contributed by atoms with van der Waals surface area (Å²) >= 11 is -14.7. The van der Waals surface area contributed by atoms with Crippen molar-refractivity contribution in [3.8, 4) is 0 Å². The second-order valence-corrected chi connectivity index (χ2v) is 43.7. The summed E-state index contributed by atoms with van der Waals surface area (Å²) in [6.07, 6.45) is 34.2. The van der Waals surface area contributed by atoms with E-state index in [0.717, 1.165) is 205 Å². The second kappa shape index (κ2) is 69.0. The van der Waals surface area contributed by atoms with Crippen molar-refractivity contribution in [2.24, 2.45) is 47.3 Å². The van der Waals surface area contributed by atoms with Gasteiger partial charge in [-0.25, -0.2) is 18.3 Å². The van der Waals surface area contributed by atoms with Crippen LogP contribution < -0.4 is 0 Å². The minimum absolute atomic E-state index is 0.316. The molecule has 4 N–H and O–H groups in total. The van der Waals surface area contributed by atoms with Gasteiger partial charge in [0.25, 0.3) is 0 Å².